The van der Waals surface area contributed by atoms with E-state index in [9.17, 15) is 4.79 Å². The Labute approximate surface area is 177 Å². The van der Waals surface area contributed by atoms with Gasteiger partial charge in [0.1, 0.15) is 11.6 Å². The Morgan fingerprint density at radius 1 is 1.20 bits per heavy atom. The van der Waals surface area contributed by atoms with Gasteiger partial charge in [-0.15, -0.1) is 0 Å². The van der Waals surface area contributed by atoms with Crippen LogP contribution in [0.4, 0.5) is 11.6 Å². The van der Waals surface area contributed by atoms with Crippen molar-refractivity contribution in [3.8, 4) is 11.3 Å². The van der Waals surface area contributed by atoms with Crippen molar-refractivity contribution < 1.29 is 9.53 Å². The van der Waals surface area contributed by atoms with Gasteiger partial charge in [0.05, 0.1) is 24.0 Å². The Morgan fingerprint density at radius 3 is 2.87 bits per heavy atom. The van der Waals surface area contributed by atoms with E-state index in [1.54, 1.807) is 18.6 Å². The average Bonchev–Trinajstić information content (AvgIpc) is 2.79. The van der Waals surface area contributed by atoms with Crippen molar-refractivity contribution in [1.29, 1.82) is 0 Å². The lowest BCUT2D eigenvalue weighted by molar-refractivity contribution is -0.120. The molecule has 2 aliphatic rings. The molecule has 2 aromatic rings. The molecule has 3 N–H and O–H groups in total. The number of nitrogens with one attached hydrogen (secondary N) is 3. The SMILES string of the molecule is CC1CCC(C(=O)Nc2cc(-c3cncc(NCC4CCOCC4)n3)ccn2)CN1. The van der Waals surface area contributed by atoms with E-state index in [0.29, 0.717) is 24.3 Å². The van der Waals surface area contributed by atoms with E-state index in [4.69, 9.17) is 9.72 Å². The van der Waals surface area contributed by atoms with Crippen molar-refractivity contribution in [3.05, 3.63) is 30.7 Å². The molecule has 30 heavy (non-hydrogen) atoms. The van der Waals surface area contributed by atoms with E-state index in [2.05, 4.69) is 32.8 Å². The summed E-state index contributed by atoms with van der Waals surface area (Å²) >= 11 is 0. The van der Waals surface area contributed by atoms with Crippen LogP contribution in [0, 0.1) is 11.8 Å². The van der Waals surface area contributed by atoms with Gasteiger partial charge in [-0.05, 0) is 50.7 Å². The summed E-state index contributed by atoms with van der Waals surface area (Å²) in [4.78, 5) is 25.9. The van der Waals surface area contributed by atoms with E-state index >= 15 is 0 Å². The largest absolute Gasteiger partial charge is 0.381 e. The number of anilines is 2. The standard InChI is InChI=1S/C22H30N6O2/c1-15-2-3-18(12-25-15)22(29)28-20-10-17(4-7-24-20)19-13-23-14-21(27-19)26-11-16-5-8-30-9-6-16/h4,7,10,13-16,18,25H,2-3,5-6,8-9,11-12H2,1H3,(H,26,27)(H,24,28,29). The Kier molecular flexibility index (Phi) is 6.86. The second-order valence-corrected chi connectivity index (χ2v) is 8.23. The molecule has 2 unspecified atom stereocenters. The predicted molar refractivity (Wildman–Crippen MR) is 116 cm³/mol. The van der Waals surface area contributed by atoms with Gasteiger partial charge in [0, 0.05) is 44.1 Å². The molecule has 8 nitrogen and oxygen atoms in total. The van der Waals surface area contributed by atoms with Crippen LogP contribution in [0.2, 0.25) is 0 Å². The van der Waals surface area contributed by atoms with Gasteiger partial charge in [-0.25, -0.2) is 9.97 Å². The van der Waals surface area contributed by atoms with Crippen LogP contribution in [0.15, 0.2) is 30.7 Å². The third kappa shape index (κ3) is 5.52. The van der Waals surface area contributed by atoms with Crippen LogP contribution in [-0.2, 0) is 9.53 Å². The highest BCUT2D eigenvalue weighted by Gasteiger charge is 2.24. The summed E-state index contributed by atoms with van der Waals surface area (Å²) in [5, 5.41) is 9.71. The van der Waals surface area contributed by atoms with Crippen LogP contribution in [0.3, 0.4) is 0 Å². The molecular formula is C22H30N6O2. The second-order valence-electron chi connectivity index (χ2n) is 8.23. The summed E-state index contributed by atoms with van der Waals surface area (Å²) in [6.07, 6.45) is 9.21. The first-order valence-electron chi connectivity index (χ1n) is 10.8. The van der Waals surface area contributed by atoms with Gasteiger partial charge in [-0.1, -0.05) is 0 Å². The summed E-state index contributed by atoms with van der Waals surface area (Å²) in [5.74, 6) is 1.88. The molecule has 0 aromatic carbocycles. The zero-order valence-electron chi connectivity index (χ0n) is 17.4. The minimum Gasteiger partial charge on any atom is -0.381 e. The molecule has 2 fully saturated rings. The minimum atomic E-state index is -0.0239. The molecule has 2 aromatic heterocycles. The third-order valence-electron chi connectivity index (χ3n) is 5.89. The lowest BCUT2D eigenvalue weighted by Crippen LogP contribution is -2.41. The molecule has 8 heteroatoms. The molecule has 2 saturated heterocycles. The molecule has 4 heterocycles. The molecule has 0 bridgehead atoms. The first-order valence-corrected chi connectivity index (χ1v) is 10.8. The summed E-state index contributed by atoms with van der Waals surface area (Å²) in [7, 11) is 0. The number of piperidine rings is 1. The van der Waals surface area contributed by atoms with E-state index in [1.807, 2.05) is 12.1 Å². The third-order valence-corrected chi connectivity index (χ3v) is 5.89. The number of hydrogen-bond donors (Lipinski definition) is 3. The number of pyridine rings is 1. The fourth-order valence-corrected chi connectivity index (χ4v) is 3.90. The number of aromatic nitrogens is 3. The van der Waals surface area contributed by atoms with Gasteiger partial charge in [0.15, 0.2) is 0 Å². The normalized spacial score (nSPS) is 22.4. The maximum atomic E-state index is 12.6. The first kappa shape index (κ1) is 20.7. The molecule has 0 spiro atoms. The number of carbonyl (C=O) groups is 1. The molecule has 1 amide bonds. The van der Waals surface area contributed by atoms with Crippen molar-refractivity contribution in [2.75, 3.05) is 36.9 Å². The van der Waals surface area contributed by atoms with Gasteiger partial charge >= 0.3 is 0 Å². The maximum absolute atomic E-state index is 12.6. The lowest BCUT2D eigenvalue weighted by Gasteiger charge is -2.26. The predicted octanol–water partition coefficient (Wildman–Crippen LogP) is 2.70. The van der Waals surface area contributed by atoms with Crippen LogP contribution in [0.25, 0.3) is 11.3 Å². The van der Waals surface area contributed by atoms with Gasteiger partial charge < -0.3 is 20.7 Å². The topological polar surface area (TPSA) is 101 Å². The van der Waals surface area contributed by atoms with E-state index in [1.165, 1.54) is 0 Å². The van der Waals surface area contributed by atoms with Crippen molar-refractivity contribution in [2.45, 2.75) is 38.6 Å². The Balaban J connectivity index is 1.38. The molecule has 4 rings (SSSR count). The lowest BCUT2D eigenvalue weighted by atomic mass is 9.95. The molecular weight excluding hydrogens is 380 g/mol. The molecule has 160 valence electrons. The zero-order valence-corrected chi connectivity index (χ0v) is 17.4. The molecule has 2 atom stereocenters. The second kappa shape index (κ2) is 9.95. The zero-order chi connectivity index (χ0) is 20.8. The van der Waals surface area contributed by atoms with E-state index in [-0.39, 0.29) is 11.8 Å². The number of nitrogens with zero attached hydrogens (tertiary/aromatic N) is 3. The number of ether oxygens (including phenoxy) is 1. The highest BCUT2D eigenvalue weighted by molar-refractivity contribution is 5.92. The van der Waals surface area contributed by atoms with Gasteiger partial charge in [-0.2, -0.15) is 0 Å². The smallest absolute Gasteiger partial charge is 0.229 e. The fraction of sp³-hybridized carbons (Fsp3) is 0.545. The molecule has 0 radical (unpaired) electrons. The Morgan fingerprint density at radius 2 is 2.07 bits per heavy atom. The van der Waals surface area contributed by atoms with Crippen LogP contribution >= 0.6 is 0 Å². The molecule has 0 aliphatic carbocycles. The van der Waals surface area contributed by atoms with Crippen molar-refractivity contribution in [1.82, 2.24) is 20.3 Å². The summed E-state index contributed by atoms with van der Waals surface area (Å²) in [6.45, 7) is 5.39. The monoisotopic (exact) mass is 410 g/mol. The first-order chi connectivity index (χ1) is 14.7. The Hall–Kier alpha value is -2.58. The highest BCUT2D eigenvalue weighted by Crippen LogP contribution is 2.22. The fourth-order valence-electron chi connectivity index (χ4n) is 3.90. The molecule has 0 saturated carbocycles. The minimum absolute atomic E-state index is 0.0111. The quantitative estimate of drug-likeness (QED) is 0.673. The van der Waals surface area contributed by atoms with Gasteiger partial charge in [0.25, 0.3) is 0 Å². The number of amides is 1. The molecule has 2 aliphatic heterocycles. The van der Waals surface area contributed by atoms with E-state index < -0.39 is 0 Å². The van der Waals surface area contributed by atoms with Crippen LogP contribution in [0.1, 0.15) is 32.6 Å². The number of carbonyl (C=O) groups excluding carboxylic acids is 1. The maximum Gasteiger partial charge on any atom is 0.229 e. The summed E-state index contributed by atoms with van der Waals surface area (Å²) in [5.41, 5.74) is 1.62. The Bertz CT molecular complexity index is 847. The van der Waals surface area contributed by atoms with Crippen molar-refractivity contribution >= 4 is 17.5 Å². The number of rotatable bonds is 6. The average molecular weight is 411 g/mol. The van der Waals surface area contributed by atoms with Crippen LogP contribution < -0.4 is 16.0 Å². The van der Waals surface area contributed by atoms with Crippen LogP contribution in [0.5, 0.6) is 0 Å². The van der Waals surface area contributed by atoms with Crippen molar-refractivity contribution in [3.63, 3.8) is 0 Å². The van der Waals surface area contributed by atoms with Gasteiger partial charge in [0.2, 0.25) is 5.91 Å². The summed E-state index contributed by atoms with van der Waals surface area (Å²) < 4.78 is 5.42. The number of hydrogen-bond acceptors (Lipinski definition) is 7. The van der Waals surface area contributed by atoms with Crippen molar-refractivity contribution in [2.24, 2.45) is 11.8 Å². The van der Waals surface area contributed by atoms with E-state index in [0.717, 1.165) is 62.5 Å². The van der Waals surface area contributed by atoms with Gasteiger partial charge in [-0.3, -0.25) is 9.78 Å². The summed E-state index contributed by atoms with van der Waals surface area (Å²) in [6, 6.07) is 4.20. The highest BCUT2D eigenvalue weighted by atomic mass is 16.5. The van der Waals surface area contributed by atoms with Crippen LogP contribution in [-0.4, -0.2) is 53.2 Å².